The zero-order chi connectivity index (χ0) is 28.3. The number of aromatic amines is 1. The highest BCUT2D eigenvalue weighted by Crippen LogP contribution is 2.51. The van der Waals surface area contributed by atoms with Crippen LogP contribution in [0.1, 0.15) is 41.9 Å². The van der Waals surface area contributed by atoms with E-state index in [4.69, 9.17) is 0 Å². The van der Waals surface area contributed by atoms with Gasteiger partial charge in [-0.2, -0.15) is 0 Å². The number of carbonyl (C=O) groups is 1. The maximum absolute atomic E-state index is 14.3. The molecule has 1 N–H and O–H groups in total. The van der Waals surface area contributed by atoms with E-state index >= 15 is 0 Å². The summed E-state index contributed by atoms with van der Waals surface area (Å²) in [5, 5.41) is 1.07. The SMILES string of the molecule is Cc1ccc(-c2c(-c3c(-c4ccccc4)[nH]c4ccccc34)c3c(n2-c2ccc(F)cc2)CC(C)(C)CC3=O)cc1. The van der Waals surface area contributed by atoms with Crippen molar-refractivity contribution in [1.29, 1.82) is 0 Å². The minimum Gasteiger partial charge on any atom is -0.354 e. The molecular formula is C37H31FN2O. The molecule has 0 spiro atoms. The molecule has 0 atom stereocenters. The number of Topliss-reactive ketones (excluding diaryl/α,β-unsaturated/α-hetero) is 1. The monoisotopic (exact) mass is 538 g/mol. The molecular weight excluding hydrogens is 507 g/mol. The van der Waals surface area contributed by atoms with Crippen molar-refractivity contribution in [1.82, 2.24) is 9.55 Å². The zero-order valence-electron chi connectivity index (χ0n) is 23.5. The smallest absolute Gasteiger partial charge is 0.165 e. The molecule has 41 heavy (non-hydrogen) atoms. The predicted octanol–water partition coefficient (Wildman–Crippen LogP) is 9.56. The Bertz CT molecular complexity index is 1920. The third-order valence-electron chi connectivity index (χ3n) is 8.26. The van der Waals surface area contributed by atoms with Gasteiger partial charge in [0.05, 0.1) is 11.4 Å². The van der Waals surface area contributed by atoms with Crippen LogP contribution >= 0.6 is 0 Å². The molecule has 0 aliphatic heterocycles. The molecule has 0 unspecified atom stereocenters. The Morgan fingerprint density at radius 3 is 2.15 bits per heavy atom. The predicted molar refractivity (Wildman–Crippen MR) is 165 cm³/mol. The minimum absolute atomic E-state index is 0.143. The van der Waals surface area contributed by atoms with Crippen LogP contribution in [0.5, 0.6) is 0 Å². The number of hydrogen-bond donors (Lipinski definition) is 1. The van der Waals surface area contributed by atoms with Crippen LogP contribution in [-0.2, 0) is 6.42 Å². The lowest BCUT2D eigenvalue weighted by Gasteiger charge is -2.30. The van der Waals surface area contributed by atoms with Crippen molar-refractivity contribution < 1.29 is 9.18 Å². The van der Waals surface area contributed by atoms with Crippen LogP contribution in [0.25, 0.3) is 50.2 Å². The fraction of sp³-hybridized carbons (Fsp3) is 0.162. The van der Waals surface area contributed by atoms with E-state index in [0.717, 1.165) is 73.5 Å². The van der Waals surface area contributed by atoms with Gasteiger partial charge in [0.1, 0.15) is 5.82 Å². The van der Waals surface area contributed by atoms with Crippen LogP contribution in [0.4, 0.5) is 4.39 Å². The first kappa shape index (κ1) is 25.3. The van der Waals surface area contributed by atoms with Gasteiger partial charge in [-0.1, -0.05) is 92.2 Å². The molecule has 2 aromatic heterocycles. The Kier molecular flexibility index (Phi) is 5.83. The molecule has 0 saturated heterocycles. The number of aryl methyl sites for hydroxylation is 1. The zero-order valence-corrected chi connectivity index (χ0v) is 23.5. The molecule has 3 nitrogen and oxygen atoms in total. The summed E-state index contributed by atoms with van der Waals surface area (Å²) in [5.74, 6) is -0.143. The first-order valence-corrected chi connectivity index (χ1v) is 14.1. The number of hydrogen-bond acceptors (Lipinski definition) is 1. The summed E-state index contributed by atoms with van der Waals surface area (Å²) in [4.78, 5) is 17.9. The van der Waals surface area contributed by atoms with Gasteiger partial charge in [-0.3, -0.25) is 4.79 Å². The lowest BCUT2D eigenvalue weighted by atomic mass is 9.74. The molecule has 4 aromatic carbocycles. The summed E-state index contributed by atoms with van der Waals surface area (Å²) in [5.41, 5.74) is 10.5. The van der Waals surface area contributed by atoms with Crippen LogP contribution in [0.15, 0.2) is 103 Å². The summed E-state index contributed by atoms with van der Waals surface area (Å²) in [6.45, 7) is 6.39. The van der Waals surface area contributed by atoms with Crippen LogP contribution in [0, 0.1) is 18.2 Å². The fourth-order valence-corrected chi connectivity index (χ4v) is 6.45. The Morgan fingerprint density at radius 1 is 0.732 bits per heavy atom. The van der Waals surface area contributed by atoms with Gasteiger partial charge in [0.15, 0.2) is 5.78 Å². The summed E-state index contributed by atoms with van der Waals surface area (Å²) < 4.78 is 16.4. The maximum atomic E-state index is 14.3. The van der Waals surface area contributed by atoms with E-state index in [9.17, 15) is 9.18 Å². The second-order valence-corrected chi connectivity index (χ2v) is 12.0. The number of nitrogens with zero attached hydrogens (tertiary/aromatic N) is 1. The molecule has 2 heterocycles. The largest absolute Gasteiger partial charge is 0.354 e. The van der Waals surface area contributed by atoms with E-state index in [1.54, 1.807) is 0 Å². The van der Waals surface area contributed by atoms with E-state index in [-0.39, 0.29) is 17.0 Å². The minimum atomic E-state index is -0.286. The van der Waals surface area contributed by atoms with Crippen molar-refractivity contribution in [2.45, 2.75) is 33.6 Å². The summed E-state index contributed by atoms with van der Waals surface area (Å²) >= 11 is 0. The quantitative estimate of drug-likeness (QED) is 0.238. The second-order valence-electron chi connectivity index (χ2n) is 12.0. The third-order valence-corrected chi connectivity index (χ3v) is 8.26. The second kappa shape index (κ2) is 9.45. The van der Waals surface area contributed by atoms with Gasteiger partial charge in [0.25, 0.3) is 0 Å². The average Bonchev–Trinajstić information content (AvgIpc) is 3.50. The summed E-state index contributed by atoms with van der Waals surface area (Å²) in [6, 6.07) is 33.7. The molecule has 0 bridgehead atoms. The topological polar surface area (TPSA) is 37.8 Å². The normalized spacial score (nSPS) is 14.4. The van der Waals surface area contributed by atoms with Gasteiger partial charge in [-0.05, 0) is 60.2 Å². The van der Waals surface area contributed by atoms with Crippen molar-refractivity contribution >= 4 is 16.7 Å². The molecule has 1 aliphatic carbocycles. The molecule has 1 aliphatic rings. The summed E-state index contributed by atoms with van der Waals surface area (Å²) in [7, 11) is 0. The number of benzene rings is 4. The number of nitrogens with one attached hydrogen (secondary N) is 1. The Balaban J connectivity index is 1.68. The van der Waals surface area contributed by atoms with E-state index in [0.29, 0.717) is 6.42 Å². The highest BCUT2D eigenvalue weighted by Gasteiger charge is 2.39. The molecule has 0 radical (unpaired) electrons. The van der Waals surface area contributed by atoms with Crippen molar-refractivity contribution in [3.05, 3.63) is 126 Å². The number of fused-ring (bicyclic) bond motifs is 2. The van der Waals surface area contributed by atoms with Crippen LogP contribution in [-0.4, -0.2) is 15.3 Å². The molecule has 4 heteroatoms. The van der Waals surface area contributed by atoms with Crippen LogP contribution in [0.2, 0.25) is 0 Å². The van der Waals surface area contributed by atoms with Crippen LogP contribution < -0.4 is 0 Å². The molecule has 0 amide bonds. The molecule has 6 aromatic rings. The van der Waals surface area contributed by atoms with E-state index < -0.39 is 0 Å². The lowest BCUT2D eigenvalue weighted by molar-refractivity contribution is 0.0911. The lowest BCUT2D eigenvalue weighted by Crippen LogP contribution is -2.28. The van der Waals surface area contributed by atoms with Crippen molar-refractivity contribution in [3.8, 4) is 39.3 Å². The van der Waals surface area contributed by atoms with Gasteiger partial charge >= 0.3 is 0 Å². The molecule has 202 valence electrons. The number of carbonyl (C=O) groups excluding carboxylic acids is 1. The standard InChI is InChI=1S/C37H31FN2O/c1-23-13-15-25(16-14-23)36-34(32-28-11-7-8-12-29(28)39-35(32)24-9-5-4-6-10-24)33-30(21-37(2,3)22-31(33)41)40(36)27-19-17-26(38)18-20-27/h4-20,39H,21-22H2,1-3H3. The summed E-state index contributed by atoms with van der Waals surface area (Å²) in [6.07, 6.45) is 1.20. The Morgan fingerprint density at radius 2 is 1.41 bits per heavy atom. The van der Waals surface area contributed by atoms with Gasteiger partial charge in [0.2, 0.25) is 0 Å². The first-order chi connectivity index (χ1) is 19.8. The van der Waals surface area contributed by atoms with Gasteiger partial charge < -0.3 is 9.55 Å². The Labute approximate surface area is 239 Å². The molecule has 7 rings (SSSR count). The van der Waals surface area contributed by atoms with Crippen LogP contribution in [0.3, 0.4) is 0 Å². The van der Waals surface area contributed by atoms with Gasteiger partial charge in [0, 0.05) is 45.4 Å². The van der Waals surface area contributed by atoms with Crippen molar-refractivity contribution in [2.24, 2.45) is 5.41 Å². The highest BCUT2D eigenvalue weighted by atomic mass is 19.1. The average molecular weight is 539 g/mol. The first-order valence-electron chi connectivity index (χ1n) is 14.1. The number of aromatic nitrogens is 2. The number of ketones is 1. The Hall–Kier alpha value is -4.70. The fourth-order valence-electron chi connectivity index (χ4n) is 6.45. The highest BCUT2D eigenvalue weighted by molar-refractivity contribution is 6.15. The number of H-pyrrole nitrogens is 1. The molecule has 0 saturated carbocycles. The van der Waals surface area contributed by atoms with E-state index in [1.165, 1.54) is 12.1 Å². The van der Waals surface area contributed by atoms with Crippen molar-refractivity contribution in [3.63, 3.8) is 0 Å². The van der Waals surface area contributed by atoms with E-state index in [1.807, 2.05) is 42.5 Å². The number of rotatable bonds is 4. The van der Waals surface area contributed by atoms with Gasteiger partial charge in [-0.25, -0.2) is 4.39 Å². The third kappa shape index (κ3) is 4.22. The maximum Gasteiger partial charge on any atom is 0.165 e. The van der Waals surface area contributed by atoms with E-state index in [2.05, 4.69) is 78.9 Å². The van der Waals surface area contributed by atoms with Gasteiger partial charge in [-0.15, -0.1) is 0 Å². The molecule has 0 fully saturated rings. The number of halogens is 1. The number of para-hydroxylation sites is 1. The van der Waals surface area contributed by atoms with Crippen molar-refractivity contribution in [2.75, 3.05) is 0 Å².